The number of sulfonamides is 1. The molecule has 1 aromatic heterocycles. The number of ether oxygens (including phenoxy) is 1. The summed E-state index contributed by atoms with van der Waals surface area (Å²) in [4.78, 5) is 12.7. The molecule has 0 saturated heterocycles. The fraction of sp³-hybridized carbons (Fsp3) is 0.577. The Morgan fingerprint density at radius 2 is 1.82 bits per heavy atom. The lowest BCUT2D eigenvalue weighted by molar-refractivity contribution is -0.119. The standard InChI is InChI=1S/C26H39NO5S2/c1-8-20(22-15-18(4)25(33-22)34(30,31)27-24(29)9-2)12-10-19-11-13-21(17(3)14-19)32-16-23(28)26(5,6)7/h11,13-15,20,23,28H,8-10,12,16H2,1-7H3,(H,27,29). The van der Waals surface area contributed by atoms with E-state index in [1.54, 1.807) is 13.8 Å². The molecule has 0 aliphatic carbocycles. The third-order valence-electron chi connectivity index (χ3n) is 6.02. The number of hydrogen-bond acceptors (Lipinski definition) is 6. The van der Waals surface area contributed by atoms with Crippen molar-refractivity contribution in [2.45, 2.75) is 90.4 Å². The molecule has 1 heterocycles. The van der Waals surface area contributed by atoms with Crippen molar-refractivity contribution in [1.29, 1.82) is 0 Å². The molecule has 0 fully saturated rings. The lowest BCUT2D eigenvalue weighted by Crippen LogP contribution is -2.32. The van der Waals surface area contributed by atoms with Gasteiger partial charge in [-0.25, -0.2) is 13.1 Å². The smallest absolute Gasteiger partial charge is 0.273 e. The molecule has 0 spiro atoms. The second-order valence-corrected chi connectivity index (χ2v) is 12.9. The highest BCUT2D eigenvalue weighted by Gasteiger charge is 2.25. The number of amides is 1. The first-order valence-corrected chi connectivity index (χ1v) is 14.1. The van der Waals surface area contributed by atoms with Gasteiger partial charge in [-0.2, -0.15) is 0 Å². The largest absolute Gasteiger partial charge is 0.491 e. The summed E-state index contributed by atoms with van der Waals surface area (Å²) >= 11 is 1.26. The molecule has 2 unspecified atom stereocenters. The SMILES string of the molecule is CCC(=O)NS(=O)(=O)c1sc(C(CC)CCc2ccc(OCC(O)C(C)(C)C)c(C)c2)cc1C. The number of aliphatic hydroxyl groups excluding tert-OH is 1. The molecule has 0 saturated carbocycles. The van der Waals surface area contributed by atoms with Crippen molar-refractivity contribution in [1.82, 2.24) is 4.72 Å². The molecule has 190 valence electrons. The van der Waals surface area contributed by atoms with E-state index in [-0.39, 0.29) is 28.6 Å². The van der Waals surface area contributed by atoms with E-state index >= 15 is 0 Å². The quantitative estimate of drug-likeness (QED) is 0.418. The molecular formula is C26H39NO5S2. The van der Waals surface area contributed by atoms with Gasteiger partial charge in [0.2, 0.25) is 5.91 Å². The van der Waals surface area contributed by atoms with E-state index in [1.165, 1.54) is 16.9 Å². The molecule has 6 nitrogen and oxygen atoms in total. The van der Waals surface area contributed by atoms with E-state index in [2.05, 4.69) is 17.7 Å². The van der Waals surface area contributed by atoms with Gasteiger partial charge in [0.1, 0.15) is 16.6 Å². The third-order valence-corrected chi connectivity index (χ3v) is 9.43. The highest BCUT2D eigenvalue weighted by molar-refractivity contribution is 7.92. The van der Waals surface area contributed by atoms with Crippen molar-refractivity contribution < 1.29 is 23.1 Å². The molecule has 2 aromatic rings. The van der Waals surface area contributed by atoms with E-state index < -0.39 is 22.0 Å². The summed E-state index contributed by atoms with van der Waals surface area (Å²) in [5.41, 5.74) is 2.66. The lowest BCUT2D eigenvalue weighted by Gasteiger charge is -2.26. The Hall–Kier alpha value is -1.90. The minimum absolute atomic E-state index is 0.120. The topological polar surface area (TPSA) is 92.7 Å². The Labute approximate surface area is 208 Å². The van der Waals surface area contributed by atoms with Gasteiger partial charge in [0.25, 0.3) is 10.0 Å². The number of nitrogens with one attached hydrogen (secondary N) is 1. The minimum Gasteiger partial charge on any atom is -0.491 e. The van der Waals surface area contributed by atoms with Crippen LogP contribution in [0.3, 0.4) is 0 Å². The number of rotatable bonds is 11. The normalized spacial score (nSPS) is 14.0. The van der Waals surface area contributed by atoms with E-state index in [9.17, 15) is 18.3 Å². The zero-order valence-corrected chi connectivity index (χ0v) is 23.0. The Balaban J connectivity index is 2.07. The van der Waals surface area contributed by atoms with Gasteiger partial charge < -0.3 is 9.84 Å². The van der Waals surface area contributed by atoms with Gasteiger partial charge in [-0.15, -0.1) is 11.3 Å². The van der Waals surface area contributed by atoms with Crippen LogP contribution in [0.2, 0.25) is 0 Å². The van der Waals surface area contributed by atoms with Gasteiger partial charge in [-0.3, -0.25) is 4.79 Å². The number of benzene rings is 1. The first-order chi connectivity index (χ1) is 15.8. The number of hydrogen-bond donors (Lipinski definition) is 2. The molecule has 0 aliphatic rings. The lowest BCUT2D eigenvalue weighted by atomic mass is 9.90. The van der Waals surface area contributed by atoms with Crippen LogP contribution in [-0.2, 0) is 21.2 Å². The Morgan fingerprint density at radius 3 is 2.38 bits per heavy atom. The van der Waals surface area contributed by atoms with Gasteiger partial charge in [0, 0.05) is 11.3 Å². The zero-order valence-electron chi connectivity index (χ0n) is 21.4. The number of aryl methyl sites for hydroxylation is 3. The van der Waals surface area contributed by atoms with Gasteiger partial charge in [-0.05, 0) is 73.3 Å². The second kappa shape index (κ2) is 11.7. The van der Waals surface area contributed by atoms with Crippen molar-refractivity contribution in [2.75, 3.05) is 6.61 Å². The first kappa shape index (κ1) is 28.3. The first-order valence-electron chi connectivity index (χ1n) is 11.8. The van der Waals surface area contributed by atoms with Crippen LogP contribution in [0.25, 0.3) is 0 Å². The van der Waals surface area contributed by atoms with Gasteiger partial charge in [0.05, 0.1) is 6.10 Å². The molecular weight excluding hydrogens is 470 g/mol. The van der Waals surface area contributed by atoms with Crippen LogP contribution in [0.1, 0.15) is 81.4 Å². The van der Waals surface area contributed by atoms with Crippen molar-refractivity contribution >= 4 is 27.3 Å². The fourth-order valence-corrected chi connectivity index (χ4v) is 6.55. The summed E-state index contributed by atoms with van der Waals surface area (Å²) in [5.74, 6) is 0.502. The van der Waals surface area contributed by atoms with Crippen molar-refractivity contribution in [3.05, 3.63) is 45.8 Å². The summed E-state index contributed by atoms with van der Waals surface area (Å²) in [6.07, 6.45) is 2.21. The number of carbonyl (C=O) groups is 1. The molecule has 2 N–H and O–H groups in total. The molecule has 34 heavy (non-hydrogen) atoms. The molecule has 0 aliphatic heterocycles. The maximum absolute atomic E-state index is 12.6. The summed E-state index contributed by atoms with van der Waals surface area (Å²) in [6, 6.07) is 8.06. The molecule has 8 heteroatoms. The average Bonchev–Trinajstić information content (AvgIpc) is 3.14. The van der Waals surface area contributed by atoms with E-state index in [0.717, 1.165) is 35.5 Å². The van der Waals surface area contributed by atoms with Crippen LogP contribution in [0, 0.1) is 19.3 Å². The van der Waals surface area contributed by atoms with Crippen LogP contribution in [0.5, 0.6) is 5.75 Å². The van der Waals surface area contributed by atoms with Crippen LogP contribution in [-0.4, -0.2) is 32.1 Å². The Kier molecular flexibility index (Phi) is 9.74. The zero-order chi connectivity index (χ0) is 25.7. The van der Waals surface area contributed by atoms with Crippen molar-refractivity contribution in [3.8, 4) is 5.75 Å². The van der Waals surface area contributed by atoms with E-state index in [1.807, 2.05) is 45.9 Å². The molecule has 2 atom stereocenters. The monoisotopic (exact) mass is 509 g/mol. The predicted octanol–water partition coefficient (Wildman–Crippen LogP) is 5.49. The molecule has 1 amide bonds. The van der Waals surface area contributed by atoms with Crippen LogP contribution >= 0.6 is 11.3 Å². The van der Waals surface area contributed by atoms with E-state index in [4.69, 9.17) is 4.74 Å². The predicted molar refractivity (Wildman–Crippen MR) is 138 cm³/mol. The minimum atomic E-state index is -3.83. The van der Waals surface area contributed by atoms with Crippen molar-refractivity contribution in [3.63, 3.8) is 0 Å². The second-order valence-electron chi connectivity index (χ2n) is 9.94. The summed E-state index contributed by atoms with van der Waals surface area (Å²) < 4.78 is 33.4. The van der Waals surface area contributed by atoms with Crippen molar-refractivity contribution in [2.24, 2.45) is 5.41 Å². The number of carbonyl (C=O) groups excluding carboxylic acids is 1. The Morgan fingerprint density at radius 1 is 1.15 bits per heavy atom. The third kappa shape index (κ3) is 7.55. The van der Waals surface area contributed by atoms with Crippen LogP contribution < -0.4 is 9.46 Å². The fourth-order valence-electron chi connectivity index (χ4n) is 3.56. The summed E-state index contributed by atoms with van der Waals surface area (Å²) in [7, 11) is -3.83. The molecule has 2 rings (SSSR count). The molecule has 1 aromatic carbocycles. The van der Waals surface area contributed by atoms with Gasteiger partial charge in [-0.1, -0.05) is 46.8 Å². The number of aliphatic hydroxyl groups is 1. The van der Waals surface area contributed by atoms with Gasteiger partial charge in [0.15, 0.2) is 0 Å². The molecule has 0 bridgehead atoms. The van der Waals surface area contributed by atoms with Crippen LogP contribution in [0.15, 0.2) is 28.5 Å². The van der Waals surface area contributed by atoms with Crippen LogP contribution in [0.4, 0.5) is 0 Å². The maximum atomic E-state index is 12.6. The van der Waals surface area contributed by atoms with Gasteiger partial charge >= 0.3 is 0 Å². The summed E-state index contributed by atoms with van der Waals surface area (Å²) in [5, 5.41) is 10.2. The maximum Gasteiger partial charge on any atom is 0.273 e. The highest BCUT2D eigenvalue weighted by atomic mass is 32.2. The highest BCUT2D eigenvalue weighted by Crippen LogP contribution is 2.36. The average molecular weight is 510 g/mol. The van der Waals surface area contributed by atoms with E-state index in [0.29, 0.717) is 5.56 Å². The summed E-state index contributed by atoms with van der Waals surface area (Å²) in [6.45, 7) is 13.7. The Bertz CT molecular complexity index is 1080. The number of thiophene rings is 1. The molecule has 0 radical (unpaired) electrons.